The van der Waals surface area contributed by atoms with Gasteiger partial charge in [-0.05, 0) is 52.2 Å². The quantitative estimate of drug-likeness (QED) is 0.364. The number of aromatic nitrogens is 2. The van der Waals surface area contributed by atoms with Gasteiger partial charge in [-0.2, -0.15) is 0 Å². The summed E-state index contributed by atoms with van der Waals surface area (Å²) in [5.41, 5.74) is 0.364. The molecule has 0 bridgehead atoms. The zero-order chi connectivity index (χ0) is 21.6. The van der Waals surface area contributed by atoms with E-state index in [1.54, 1.807) is 45.0 Å². The highest BCUT2D eigenvalue weighted by Crippen LogP contribution is 2.21. The van der Waals surface area contributed by atoms with Gasteiger partial charge in [-0.1, -0.05) is 12.1 Å². The standard InChI is InChI=1S/C22H28N2O6/c1-22(2,3)30-19(26)14-17(25)15-7-6-8-16(13-15)21-24-23-18(29-21)10-12-28-20-9-4-5-11-27-20/h6-8,13,20H,4-5,9-12,14H2,1-3H3. The van der Waals surface area contributed by atoms with Crippen LogP contribution in [0.1, 0.15) is 62.7 Å². The fourth-order valence-electron chi connectivity index (χ4n) is 3.03. The van der Waals surface area contributed by atoms with E-state index in [9.17, 15) is 9.59 Å². The first kappa shape index (κ1) is 22.1. The Balaban J connectivity index is 1.56. The summed E-state index contributed by atoms with van der Waals surface area (Å²) >= 11 is 0. The molecule has 1 atom stereocenters. The summed E-state index contributed by atoms with van der Waals surface area (Å²) in [6.45, 7) is 6.45. The second-order valence-electron chi connectivity index (χ2n) is 8.19. The maximum absolute atomic E-state index is 12.4. The molecule has 8 heteroatoms. The fraction of sp³-hybridized carbons (Fsp3) is 0.545. The summed E-state index contributed by atoms with van der Waals surface area (Å²) in [4.78, 5) is 24.3. The van der Waals surface area contributed by atoms with Crippen molar-refractivity contribution in [3.63, 3.8) is 0 Å². The number of benzene rings is 1. The maximum Gasteiger partial charge on any atom is 0.314 e. The van der Waals surface area contributed by atoms with Gasteiger partial charge in [-0.15, -0.1) is 10.2 Å². The molecule has 162 valence electrons. The molecule has 0 N–H and O–H groups in total. The smallest absolute Gasteiger partial charge is 0.314 e. The van der Waals surface area contributed by atoms with E-state index in [1.807, 2.05) is 0 Å². The second-order valence-corrected chi connectivity index (χ2v) is 8.19. The lowest BCUT2D eigenvalue weighted by Crippen LogP contribution is -2.25. The summed E-state index contributed by atoms with van der Waals surface area (Å²) in [5, 5.41) is 8.10. The Morgan fingerprint density at radius 2 is 2.03 bits per heavy atom. The van der Waals surface area contributed by atoms with E-state index in [2.05, 4.69) is 10.2 Å². The van der Waals surface area contributed by atoms with Crippen LogP contribution in [0.4, 0.5) is 0 Å². The highest BCUT2D eigenvalue weighted by atomic mass is 16.7. The lowest BCUT2D eigenvalue weighted by molar-refractivity contribution is -0.162. The second kappa shape index (κ2) is 9.95. The van der Waals surface area contributed by atoms with Crippen LogP contribution in [0.5, 0.6) is 0 Å². The Kier molecular flexibility index (Phi) is 7.33. The third-order valence-corrected chi connectivity index (χ3v) is 4.38. The van der Waals surface area contributed by atoms with E-state index in [1.165, 1.54) is 0 Å². The van der Waals surface area contributed by atoms with Crippen LogP contribution in [0.2, 0.25) is 0 Å². The van der Waals surface area contributed by atoms with Crippen LogP contribution in [-0.4, -0.2) is 47.1 Å². The lowest BCUT2D eigenvalue weighted by Gasteiger charge is -2.22. The average molecular weight is 416 g/mol. The highest BCUT2D eigenvalue weighted by molar-refractivity contribution is 6.06. The topological polar surface area (TPSA) is 101 Å². The lowest BCUT2D eigenvalue weighted by atomic mass is 10.0. The molecule has 2 heterocycles. The SMILES string of the molecule is CC(C)(C)OC(=O)CC(=O)c1cccc(-c2nnc(CCOC3CCCCO3)o2)c1. The third kappa shape index (κ3) is 6.74. The van der Waals surface area contributed by atoms with E-state index >= 15 is 0 Å². The van der Waals surface area contributed by atoms with Crippen molar-refractivity contribution in [3.05, 3.63) is 35.7 Å². The predicted molar refractivity (Wildman–Crippen MR) is 108 cm³/mol. The van der Waals surface area contributed by atoms with Crippen LogP contribution in [0.15, 0.2) is 28.7 Å². The van der Waals surface area contributed by atoms with E-state index in [0.29, 0.717) is 35.9 Å². The molecule has 3 rings (SSSR count). The third-order valence-electron chi connectivity index (χ3n) is 4.38. The van der Waals surface area contributed by atoms with Gasteiger partial charge >= 0.3 is 5.97 Å². The molecule has 1 fully saturated rings. The molecule has 1 aromatic carbocycles. The number of nitrogens with zero attached hydrogens (tertiary/aromatic N) is 2. The number of rotatable bonds is 8. The minimum atomic E-state index is -0.633. The Labute approximate surface area is 175 Å². The molecular formula is C22H28N2O6. The Hall–Kier alpha value is -2.58. The van der Waals surface area contributed by atoms with Gasteiger partial charge in [-0.3, -0.25) is 9.59 Å². The van der Waals surface area contributed by atoms with Crippen molar-refractivity contribution in [1.29, 1.82) is 0 Å². The Bertz CT molecular complexity index is 865. The number of esters is 1. The van der Waals surface area contributed by atoms with Gasteiger partial charge in [0.05, 0.1) is 6.61 Å². The molecule has 1 aliphatic heterocycles. The minimum Gasteiger partial charge on any atom is -0.460 e. The molecule has 2 aromatic rings. The van der Waals surface area contributed by atoms with E-state index in [-0.39, 0.29) is 18.5 Å². The molecule has 1 unspecified atom stereocenters. The van der Waals surface area contributed by atoms with Gasteiger partial charge in [0.15, 0.2) is 12.1 Å². The van der Waals surface area contributed by atoms with Crippen LogP contribution >= 0.6 is 0 Å². The maximum atomic E-state index is 12.4. The molecule has 0 amide bonds. The molecule has 8 nitrogen and oxygen atoms in total. The van der Waals surface area contributed by atoms with Crippen LogP contribution in [0.3, 0.4) is 0 Å². The molecule has 1 aliphatic rings. The van der Waals surface area contributed by atoms with Crippen LogP contribution in [-0.2, 0) is 25.4 Å². The van der Waals surface area contributed by atoms with Crippen LogP contribution in [0.25, 0.3) is 11.5 Å². The number of carbonyl (C=O) groups is 2. The first-order chi connectivity index (χ1) is 14.3. The van der Waals surface area contributed by atoms with Gasteiger partial charge in [0.25, 0.3) is 0 Å². The molecule has 0 radical (unpaired) electrons. The monoisotopic (exact) mass is 416 g/mol. The van der Waals surface area contributed by atoms with Gasteiger partial charge in [0.1, 0.15) is 12.0 Å². The summed E-state index contributed by atoms with van der Waals surface area (Å²) in [6.07, 6.45) is 3.08. The number of hydrogen-bond donors (Lipinski definition) is 0. The zero-order valence-electron chi connectivity index (χ0n) is 17.7. The van der Waals surface area contributed by atoms with Crippen molar-refractivity contribution >= 4 is 11.8 Å². The number of carbonyl (C=O) groups excluding carboxylic acids is 2. The zero-order valence-corrected chi connectivity index (χ0v) is 17.7. The van der Waals surface area contributed by atoms with Gasteiger partial charge in [0, 0.05) is 24.2 Å². The van der Waals surface area contributed by atoms with Crippen LogP contribution in [0, 0.1) is 0 Å². The molecule has 1 saturated heterocycles. The number of hydrogen-bond acceptors (Lipinski definition) is 8. The molecular weight excluding hydrogens is 388 g/mol. The van der Waals surface area contributed by atoms with Gasteiger partial charge in [-0.25, -0.2) is 0 Å². The summed E-state index contributed by atoms with van der Waals surface area (Å²) in [5.74, 6) is -0.122. The summed E-state index contributed by atoms with van der Waals surface area (Å²) in [6, 6.07) is 6.76. The predicted octanol–water partition coefficient (Wildman–Crippen LogP) is 3.74. The van der Waals surface area contributed by atoms with E-state index < -0.39 is 11.6 Å². The van der Waals surface area contributed by atoms with Crippen molar-refractivity contribution in [1.82, 2.24) is 10.2 Å². The molecule has 0 saturated carbocycles. The summed E-state index contributed by atoms with van der Waals surface area (Å²) < 4.78 is 22.1. The Morgan fingerprint density at radius 1 is 1.20 bits per heavy atom. The van der Waals surface area contributed by atoms with Crippen LogP contribution < -0.4 is 0 Å². The first-order valence-corrected chi connectivity index (χ1v) is 10.2. The van der Waals surface area contributed by atoms with Crippen molar-refractivity contribution in [2.24, 2.45) is 0 Å². The normalized spacial score (nSPS) is 17.0. The molecule has 30 heavy (non-hydrogen) atoms. The number of Topliss-reactive ketones (excluding diaryl/α,β-unsaturated/α-hetero) is 1. The first-order valence-electron chi connectivity index (χ1n) is 10.2. The van der Waals surface area contributed by atoms with Crippen molar-refractivity contribution < 1.29 is 28.2 Å². The van der Waals surface area contributed by atoms with Crippen molar-refractivity contribution in [3.8, 4) is 11.5 Å². The van der Waals surface area contributed by atoms with E-state index in [4.69, 9.17) is 18.6 Å². The van der Waals surface area contributed by atoms with E-state index in [0.717, 1.165) is 25.9 Å². The van der Waals surface area contributed by atoms with Crippen molar-refractivity contribution in [2.45, 2.75) is 64.8 Å². The largest absolute Gasteiger partial charge is 0.460 e. The highest BCUT2D eigenvalue weighted by Gasteiger charge is 2.20. The number of ether oxygens (including phenoxy) is 3. The van der Waals surface area contributed by atoms with Gasteiger partial charge in [0.2, 0.25) is 11.8 Å². The molecule has 0 spiro atoms. The summed E-state index contributed by atoms with van der Waals surface area (Å²) in [7, 11) is 0. The molecule has 1 aromatic heterocycles. The van der Waals surface area contributed by atoms with Gasteiger partial charge < -0.3 is 18.6 Å². The van der Waals surface area contributed by atoms with Crippen molar-refractivity contribution in [2.75, 3.05) is 13.2 Å². The minimum absolute atomic E-state index is 0.159. The molecule has 0 aliphatic carbocycles. The Morgan fingerprint density at radius 3 is 2.77 bits per heavy atom. The fourth-order valence-corrected chi connectivity index (χ4v) is 3.03. The average Bonchev–Trinajstić information content (AvgIpc) is 3.16. The number of ketones is 1.